The Labute approximate surface area is 106 Å². The molecule has 0 fully saturated rings. The van der Waals surface area contributed by atoms with Gasteiger partial charge in [-0.25, -0.2) is 4.79 Å². The zero-order valence-electron chi connectivity index (χ0n) is 9.90. The number of esters is 1. The highest BCUT2D eigenvalue weighted by molar-refractivity contribution is 6.27. The third-order valence-corrected chi connectivity index (χ3v) is 2.86. The quantitative estimate of drug-likeness (QED) is 0.599. The molecule has 0 aliphatic rings. The number of methoxy groups -OCH3 is 1. The monoisotopic (exact) mass is 254 g/mol. The zero-order chi connectivity index (χ0) is 12.8. The Bertz CT molecular complexity index is 398. The number of carbonyl (C=O) groups excluding carboxylic acids is 2. The number of hydrogen-bond donors (Lipinski definition) is 0. The number of benzene rings is 1. The van der Waals surface area contributed by atoms with E-state index in [1.54, 1.807) is 12.1 Å². The van der Waals surface area contributed by atoms with Crippen LogP contribution in [-0.2, 0) is 16.0 Å². The molecule has 1 atom stereocenters. The second-order valence-corrected chi connectivity index (χ2v) is 4.16. The summed E-state index contributed by atoms with van der Waals surface area (Å²) in [7, 11) is 1.34. The molecule has 0 unspecified atom stereocenters. The molecule has 92 valence electrons. The number of hydrogen-bond acceptors (Lipinski definition) is 3. The van der Waals surface area contributed by atoms with E-state index in [1.807, 2.05) is 19.1 Å². The molecule has 0 bridgehead atoms. The van der Waals surface area contributed by atoms with Gasteiger partial charge in [0.05, 0.1) is 18.6 Å². The number of carbonyl (C=O) groups is 2. The molecule has 0 amide bonds. The number of rotatable bonds is 5. The Balaban J connectivity index is 2.68. The first kappa shape index (κ1) is 13.7. The van der Waals surface area contributed by atoms with Gasteiger partial charge in [0, 0.05) is 5.92 Å². The van der Waals surface area contributed by atoms with E-state index >= 15 is 0 Å². The summed E-state index contributed by atoms with van der Waals surface area (Å²) in [4.78, 5) is 22.5. The molecule has 4 heteroatoms. The smallest absolute Gasteiger partial charge is 0.337 e. The molecular formula is C13H15ClO3. The summed E-state index contributed by atoms with van der Waals surface area (Å²) in [5.41, 5.74) is 1.51. The van der Waals surface area contributed by atoms with Crippen molar-refractivity contribution in [1.29, 1.82) is 0 Å². The second-order valence-electron chi connectivity index (χ2n) is 3.89. The van der Waals surface area contributed by atoms with Crippen molar-refractivity contribution in [3.63, 3.8) is 0 Å². The highest BCUT2D eigenvalue weighted by atomic mass is 35.5. The van der Waals surface area contributed by atoms with Gasteiger partial charge in [0.2, 0.25) is 0 Å². The normalized spacial score (nSPS) is 11.9. The van der Waals surface area contributed by atoms with Gasteiger partial charge >= 0.3 is 5.97 Å². The summed E-state index contributed by atoms with van der Waals surface area (Å²) in [6, 6.07) is 7.03. The van der Waals surface area contributed by atoms with E-state index in [0.717, 1.165) is 5.56 Å². The van der Waals surface area contributed by atoms with Crippen molar-refractivity contribution in [3.8, 4) is 0 Å². The van der Waals surface area contributed by atoms with Crippen LogP contribution in [-0.4, -0.2) is 24.7 Å². The van der Waals surface area contributed by atoms with Crippen LogP contribution in [0.5, 0.6) is 0 Å². The molecule has 0 aliphatic heterocycles. The average Bonchev–Trinajstić information content (AvgIpc) is 2.37. The number of ketones is 1. The molecule has 0 radical (unpaired) electrons. The van der Waals surface area contributed by atoms with Crippen LogP contribution in [0.15, 0.2) is 24.3 Å². The van der Waals surface area contributed by atoms with Gasteiger partial charge in [-0.1, -0.05) is 19.1 Å². The van der Waals surface area contributed by atoms with Gasteiger partial charge in [0.15, 0.2) is 5.78 Å². The Kier molecular flexibility index (Phi) is 5.16. The molecule has 17 heavy (non-hydrogen) atoms. The molecule has 0 spiro atoms. The molecular weight excluding hydrogens is 240 g/mol. The predicted molar refractivity (Wildman–Crippen MR) is 66.4 cm³/mol. The van der Waals surface area contributed by atoms with Gasteiger partial charge in [0.25, 0.3) is 0 Å². The maximum atomic E-state index is 11.3. The minimum Gasteiger partial charge on any atom is -0.465 e. The van der Waals surface area contributed by atoms with Crippen LogP contribution in [0.3, 0.4) is 0 Å². The Morgan fingerprint density at radius 2 is 1.88 bits per heavy atom. The van der Waals surface area contributed by atoms with Crippen molar-refractivity contribution >= 4 is 23.4 Å². The maximum Gasteiger partial charge on any atom is 0.337 e. The first-order valence-electron chi connectivity index (χ1n) is 5.34. The minimum absolute atomic E-state index is 0.0312. The molecule has 1 rings (SSSR count). The van der Waals surface area contributed by atoms with Crippen LogP contribution < -0.4 is 0 Å². The standard InChI is InChI=1S/C13H15ClO3/c1-9(12(15)8-14)7-10-3-5-11(6-4-10)13(16)17-2/h3-6,9H,7-8H2,1-2H3/t9-/m1/s1. The minimum atomic E-state index is -0.360. The SMILES string of the molecule is COC(=O)c1ccc(C[C@@H](C)C(=O)CCl)cc1. The van der Waals surface area contributed by atoms with Crippen molar-refractivity contribution in [1.82, 2.24) is 0 Å². The molecule has 3 nitrogen and oxygen atoms in total. The summed E-state index contributed by atoms with van der Waals surface area (Å²) >= 11 is 5.49. The third-order valence-electron chi connectivity index (χ3n) is 2.60. The van der Waals surface area contributed by atoms with Gasteiger partial charge in [0.1, 0.15) is 0 Å². The Hall–Kier alpha value is -1.35. The van der Waals surface area contributed by atoms with E-state index in [2.05, 4.69) is 4.74 Å². The first-order chi connectivity index (χ1) is 8.08. The Morgan fingerprint density at radius 1 is 1.29 bits per heavy atom. The molecule has 0 saturated carbocycles. The van der Waals surface area contributed by atoms with Crippen LogP contribution in [0.25, 0.3) is 0 Å². The average molecular weight is 255 g/mol. The van der Waals surface area contributed by atoms with Crippen molar-refractivity contribution in [2.24, 2.45) is 5.92 Å². The summed E-state index contributed by atoms with van der Waals surface area (Å²) in [5.74, 6) is -0.386. The maximum absolute atomic E-state index is 11.3. The molecule has 0 aromatic heterocycles. The van der Waals surface area contributed by atoms with Crippen LogP contribution in [0.2, 0.25) is 0 Å². The fraction of sp³-hybridized carbons (Fsp3) is 0.385. The third kappa shape index (κ3) is 3.86. The molecule has 0 saturated heterocycles. The fourth-order valence-electron chi connectivity index (χ4n) is 1.49. The lowest BCUT2D eigenvalue weighted by Crippen LogP contribution is -2.14. The van der Waals surface area contributed by atoms with Gasteiger partial charge in [-0.05, 0) is 24.1 Å². The van der Waals surface area contributed by atoms with E-state index in [9.17, 15) is 9.59 Å². The lowest BCUT2D eigenvalue weighted by Gasteiger charge is -2.08. The lowest BCUT2D eigenvalue weighted by molar-refractivity contribution is -0.119. The van der Waals surface area contributed by atoms with E-state index in [4.69, 9.17) is 11.6 Å². The van der Waals surface area contributed by atoms with Crippen molar-refractivity contribution in [2.75, 3.05) is 13.0 Å². The highest BCUT2D eigenvalue weighted by Gasteiger charge is 2.12. The fourth-order valence-corrected chi connectivity index (χ4v) is 1.76. The molecule has 1 aromatic carbocycles. The second kappa shape index (κ2) is 6.40. The van der Waals surface area contributed by atoms with Crippen LogP contribution in [0.1, 0.15) is 22.8 Å². The predicted octanol–water partition coefficient (Wildman–Crippen LogP) is 2.46. The van der Waals surface area contributed by atoms with Crippen molar-refractivity contribution in [3.05, 3.63) is 35.4 Å². The largest absolute Gasteiger partial charge is 0.465 e. The van der Waals surface area contributed by atoms with Crippen molar-refractivity contribution < 1.29 is 14.3 Å². The van der Waals surface area contributed by atoms with Gasteiger partial charge in [-0.2, -0.15) is 0 Å². The number of halogens is 1. The van der Waals surface area contributed by atoms with Crippen LogP contribution in [0.4, 0.5) is 0 Å². The number of ether oxygens (including phenoxy) is 1. The summed E-state index contributed by atoms with van der Waals surface area (Å²) in [6.45, 7) is 1.85. The van der Waals surface area contributed by atoms with Gasteiger partial charge in [-0.3, -0.25) is 4.79 Å². The van der Waals surface area contributed by atoms with Crippen LogP contribution >= 0.6 is 11.6 Å². The molecule has 1 aromatic rings. The van der Waals surface area contributed by atoms with E-state index in [1.165, 1.54) is 7.11 Å². The molecule has 0 aliphatic carbocycles. The Morgan fingerprint density at radius 3 is 2.35 bits per heavy atom. The summed E-state index contributed by atoms with van der Waals surface area (Å²) in [6.07, 6.45) is 0.632. The zero-order valence-corrected chi connectivity index (χ0v) is 10.7. The van der Waals surface area contributed by atoms with Crippen molar-refractivity contribution in [2.45, 2.75) is 13.3 Å². The van der Waals surface area contributed by atoms with E-state index in [-0.39, 0.29) is 23.6 Å². The lowest BCUT2D eigenvalue weighted by atomic mass is 9.97. The van der Waals surface area contributed by atoms with E-state index in [0.29, 0.717) is 12.0 Å². The first-order valence-corrected chi connectivity index (χ1v) is 5.88. The summed E-state index contributed by atoms with van der Waals surface area (Å²) < 4.78 is 4.60. The summed E-state index contributed by atoms with van der Waals surface area (Å²) in [5, 5.41) is 0. The highest BCUT2D eigenvalue weighted by Crippen LogP contribution is 2.12. The topological polar surface area (TPSA) is 43.4 Å². The van der Waals surface area contributed by atoms with Gasteiger partial charge < -0.3 is 4.74 Å². The van der Waals surface area contributed by atoms with Crippen LogP contribution in [0, 0.1) is 5.92 Å². The molecule has 0 heterocycles. The van der Waals surface area contributed by atoms with Gasteiger partial charge in [-0.15, -0.1) is 11.6 Å². The molecule has 0 N–H and O–H groups in total. The number of alkyl halides is 1. The van der Waals surface area contributed by atoms with E-state index < -0.39 is 0 Å². The number of Topliss-reactive ketones (excluding diaryl/α,β-unsaturated/α-hetero) is 1.